The molecule has 0 spiro atoms. The number of aliphatic hydroxyl groups excluding tert-OH is 2. The monoisotopic (exact) mass is 152 g/mol. The molecule has 1 heterocycles. The lowest BCUT2D eigenvalue weighted by Gasteiger charge is -2.08. The maximum atomic E-state index is 8.99. The van der Waals surface area contributed by atoms with Gasteiger partial charge in [-0.1, -0.05) is 11.6 Å². The summed E-state index contributed by atoms with van der Waals surface area (Å²) in [5.74, 6) is 0. The van der Waals surface area contributed by atoms with Gasteiger partial charge in [0.15, 0.2) is 0 Å². The number of rotatable bonds is 1. The quantitative estimate of drug-likeness (QED) is 0.507. The zero-order valence-electron chi connectivity index (χ0n) is 4.83. The van der Waals surface area contributed by atoms with Gasteiger partial charge >= 0.3 is 0 Å². The van der Waals surface area contributed by atoms with Crippen LogP contribution in [0.15, 0.2) is 0 Å². The number of hydrogen-bond acceptors (Lipinski definition) is 3. The van der Waals surface area contributed by atoms with Crippen LogP contribution in [0.2, 0.25) is 0 Å². The normalized spacial score (nSPS) is 43.7. The minimum absolute atomic E-state index is 0.162. The first-order valence-corrected chi connectivity index (χ1v) is 3.26. The van der Waals surface area contributed by atoms with Crippen LogP contribution in [-0.4, -0.2) is 34.6 Å². The van der Waals surface area contributed by atoms with Crippen LogP contribution in [-0.2, 0) is 4.74 Å². The number of hydrogen-bond donors (Lipinski definition) is 2. The lowest BCUT2D eigenvalue weighted by Crippen LogP contribution is -2.24. The average molecular weight is 153 g/mol. The number of halogens is 1. The van der Waals surface area contributed by atoms with Gasteiger partial charge < -0.3 is 14.9 Å². The number of ether oxygens (including phenoxy) is 1. The van der Waals surface area contributed by atoms with E-state index in [1.807, 2.05) is 0 Å². The Morgan fingerprint density at radius 2 is 2.33 bits per heavy atom. The first-order chi connectivity index (χ1) is 4.24. The molecule has 9 heavy (non-hydrogen) atoms. The molecule has 0 aromatic carbocycles. The van der Waals surface area contributed by atoms with Gasteiger partial charge in [-0.3, -0.25) is 0 Å². The van der Waals surface area contributed by atoms with Crippen molar-refractivity contribution >= 4 is 11.6 Å². The summed E-state index contributed by atoms with van der Waals surface area (Å²) in [6, 6.07) is 0. The van der Waals surface area contributed by atoms with Gasteiger partial charge in [-0.2, -0.15) is 0 Å². The van der Waals surface area contributed by atoms with E-state index in [9.17, 15) is 0 Å². The van der Waals surface area contributed by atoms with Crippen LogP contribution in [0.5, 0.6) is 0 Å². The van der Waals surface area contributed by atoms with Gasteiger partial charge in [0.2, 0.25) is 0 Å². The fraction of sp³-hybridized carbons (Fsp3) is 1.00. The van der Waals surface area contributed by atoms with Gasteiger partial charge in [0.05, 0.1) is 12.7 Å². The Balaban J connectivity index is 2.38. The predicted octanol–water partition coefficient (Wildman–Crippen LogP) is -0.307. The van der Waals surface area contributed by atoms with Crippen molar-refractivity contribution in [3.63, 3.8) is 0 Å². The van der Waals surface area contributed by atoms with Gasteiger partial charge in [0, 0.05) is 6.42 Å². The van der Waals surface area contributed by atoms with Crippen molar-refractivity contribution in [1.82, 2.24) is 0 Å². The lowest BCUT2D eigenvalue weighted by molar-refractivity contribution is -0.00394. The first-order valence-electron chi connectivity index (χ1n) is 2.82. The summed E-state index contributed by atoms with van der Waals surface area (Å²) < 4.78 is 4.89. The largest absolute Gasteiger partial charge is 0.394 e. The summed E-state index contributed by atoms with van der Waals surface area (Å²) in [6.45, 7) is -0.162. The summed E-state index contributed by atoms with van der Waals surface area (Å²) in [4.78, 5) is 0. The van der Waals surface area contributed by atoms with Crippen LogP contribution >= 0.6 is 11.6 Å². The van der Waals surface area contributed by atoms with E-state index in [-0.39, 0.29) is 6.61 Å². The van der Waals surface area contributed by atoms with Crippen LogP contribution < -0.4 is 0 Å². The summed E-state index contributed by atoms with van der Waals surface area (Å²) in [5, 5.41) is 17.5. The molecule has 2 N–H and O–H groups in total. The topological polar surface area (TPSA) is 49.7 Å². The SMILES string of the molecule is OC[C@@H]1O[C@@H](Cl)C[C@H]1O. The molecule has 1 aliphatic rings. The summed E-state index contributed by atoms with van der Waals surface area (Å²) in [5.41, 5.74) is -0.433. The van der Waals surface area contributed by atoms with Crippen LogP contribution in [0.3, 0.4) is 0 Å². The third kappa shape index (κ3) is 1.55. The van der Waals surface area contributed by atoms with Crippen molar-refractivity contribution < 1.29 is 14.9 Å². The van der Waals surface area contributed by atoms with Crippen LogP contribution in [0.25, 0.3) is 0 Å². The molecule has 0 saturated carbocycles. The summed E-state index contributed by atoms with van der Waals surface area (Å²) in [6.07, 6.45) is -0.669. The maximum absolute atomic E-state index is 8.99. The van der Waals surface area contributed by atoms with E-state index in [2.05, 4.69) is 0 Å². The van der Waals surface area contributed by atoms with Crippen LogP contribution in [0, 0.1) is 0 Å². The van der Waals surface area contributed by atoms with E-state index < -0.39 is 17.8 Å². The van der Waals surface area contributed by atoms with Gasteiger partial charge in [-0.05, 0) is 0 Å². The Labute approximate surface area is 58.2 Å². The molecule has 1 fully saturated rings. The highest BCUT2D eigenvalue weighted by molar-refractivity contribution is 6.19. The van der Waals surface area contributed by atoms with Gasteiger partial charge in [-0.25, -0.2) is 0 Å². The number of alkyl halides is 1. The van der Waals surface area contributed by atoms with E-state index in [1.165, 1.54) is 0 Å². The highest BCUT2D eigenvalue weighted by Gasteiger charge is 2.31. The molecule has 54 valence electrons. The van der Waals surface area contributed by atoms with Crippen molar-refractivity contribution in [2.75, 3.05) is 6.61 Å². The minimum atomic E-state index is -0.600. The standard InChI is InChI=1S/C5H9ClO3/c6-5-1-3(8)4(2-7)9-5/h3-5,7-8H,1-2H2/t3-,4+,5-/m1/s1. The molecule has 1 aliphatic heterocycles. The van der Waals surface area contributed by atoms with E-state index in [1.54, 1.807) is 0 Å². The molecular formula is C5H9ClO3. The van der Waals surface area contributed by atoms with Gasteiger partial charge in [0.1, 0.15) is 11.7 Å². The second-order valence-corrected chi connectivity index (χ2v) is 2.56. The Bertz CT molecular complexity index is 98.2. The lowest BCUT2D eigenvalue weighted by atomic mass is 10.2. The highest BCUT2D eigenvalue weighted by Crippen LogP contribution is 2.22. The smallest absolute Gasteiger partial charge is 0.134 e. The second kappa shape index (κ2) is 2.84. The molecule has 0 aromatic rings. The van der Waals surface area contributed by atoms with E-state index in [4.69, 9.17) is 26.6 Å². The van der Waals surface area contributed by atoms with Crippen molar-refractivity contribution in [2.45, 2.75) is 24.2 Å². The third-order valence-electron chi connectivity index (χ3n) is 1.36. The zero-order valence-corrected chi connectivity index (χ0v) is 5.58. The molecule has 3 nitrogen and oxygen atoms in total. The second-order valence-electron chi connectivity index (χ2n) is 2.07. The summed E-state index contributed by atoms with van der Waals surface area (Å²) >= 11 is 5.49. The fourth-order valence-corrected chi connectivity index (χ4v) is 1.16. The third-order valence-corrected chi connectivity index (χ3v) is 1.64. The Hall–Kier alpha value is 0.170. The Kier molecular flexibility index (Phi) is 2.29. The average Bonchev–Trinajstić information content (AvgIpc) is 2.10. The van der Waals surface area contributed by atoms with Crippen molar-refractivity contribution in [1.29, 1.82) is 0 Å². The molecule has 0 radical (unpaired) electrons. The Morgan fingerprint density at radius 3 is 2.56 bits per heavy atom. The molecular weight excluding hydrogens is 144 g/mol. The minimum Gasteiger partial charge on any atom is -0.394 e. The molecule has 0 aromatic heterocycles. The highest BCUT2D eigenvalue weighted by atomic mass is 35.5. The van der Waals surface area contributed by atoms with E-state index >= 15 is 0 Å². The van der Waals surface area contributed by atoms with Crippen LogP contribution in [0.4, 0.5) is 0 Å². The predicted molar refractivity (Wildman–Crippen MR) is 32.2 cm³/mol. The van der Waals surface area contributed by atoms with Crippen molar-refractivity contribution in [3.8, 4) is 0 Å². The molecule has 0 unspecified atom stereocenters. The van der Waals surface area contributed by atoms with Crippen molar-refractivity contribution in [3.05, 3.63) is 0 Å². The van der Waals surface area contributed by atoms with Crippen LogP contribution in [0.1, 0.15) is 6.42 Å². The molecule has 0 bridgehead atoms. The molecule has 3 atom stereocenters. The maximum Gasteiger partial charge on any atom is 0.134 e. The molecule has 1 rings (SSSR count). The van der Waals surface area contributed by atoms with Crippen molar-refractivity contribution in [2.24, 2.45) is 0 Å². The summed E-state index contributed by atoms with van der Waals surface area (Å²) in [7, 11) is 0. The van der Waals surface area contributed by atoms with E-state index in [0.717, 1.165) is 0 Å². The molecule has 4 heteroatoms. The van der Waals surface area contributed by atoms with Gasteiger partial charge in [0.25, 0.3) is 0 Å². The number of aliphatic hydroxyl groups is 2. The van der Waals surface area contributed by atoms with Gasteiger partial charge in [-0.15, -0.1) is 0 Å². The molecule has 0 amide bonds. The Morgan fingerprint density at radius 1 is 1.67 bits per heavy atom. The molecule has 1 saturated heterocycles. The zero-order chi connectivity index (χ0) is 6.85. The molecule has 0 aliphatic carbocycles. The fourth-order valence-electron chi connectivity index (χ4n) is 0.842. The van der Waals surface area contributed by atoms with E-state index in [0.29, 0.717) is 6.42 Å². The first kappa shape index (κ1) is 7.28.